The second kappa shape index (κ2) is 8.06. The highest BCUT2D eigenvalue weighted by Crippen LogP contribution is 2.23. The van der Waals surface area contributed by atoms with E-state index in [9.17, 15) is 9.59 Å². The van der Waals surface area contributed by atoms with Gasteiger partial charge in [0.1, 0.15) is 5.01 Å². The molecule has 2 aromatic rings. The van der Waals surface area contributed by atoms with Crippen molar-refractivity contribution in [1.82, 2.24) is 24.4 Å². The van der Waals surface area contributed by atoms with E-state index in [-0.39, 0.29) is 11.5 Å². The molecule has 146 valence electrons. The average Bonchev–Trinajstić information content (AvgIpc) is 2.88. The molecule has 0 bridgehead atoms. The van der Waals surface area contributed by atoms with Crippen LogP contribution in [0, 0.1) is 12.8 Å². The zero-order valence-corrected chi connectivity index (χ0v) is 16.7. The molecule has 7 nitrogen and oxygen atoms in total. The molecular formula is C19H27N5O2S. The summed E-state index contributed by atoms with van der Waals surface area (Å²) in [5.41, 5.74) is 0.602. The first-order valence-electron chi connectivity index (χ1n) is 9.98. The van der Waals surface area contributed by atoms with E-state index in [2.05, 4.69) is 19.9 Å². The summed E-state index contributed by atoms with van der Waals surface area (Å²) in [7, 11) is 0. The third-order valence-corrected chi connectivity index (χ3v) is 6.52. The maximum atomic E-state index is 12.8. The van der Waals surface area contributed by atoms with Crippen molar-refractivity contribution in [2.24, 2.45) is 5.92 Å². The predicted octanol–water partition coefficient (Wildman–Crippen LogP) is 2.07. The van der Waals surface area contributed by atoms with Crippen molar-refractivity contribution in [2.75, 3.05) is 26.2 Å². The Kier molecular flexibility index (Phi) is 5.54. The summed E-state index contributed by atoms with van der Waals surface area (Å²) in [4.78, 5) is 34.3. The van der Waals surface area contributed by atoms with Gasteiger partial charge in [-0.2, -0.15) is 9.61 Å². The molecule has 2 aliphatic heterocycles. The monoisotopic (exact) mass is 389 g/mol. The van der Waals surface area contributed by atoms with E-state index in [1.165, 1.54) is 34.8 Å². The Morgan fingerprint density at radius 2 is 1.85 bits per heavy atom. The molecule has 0 spiro atoms. The lowest BCUT2D eigenvalue weighted by Crippen LogP contribution is -2.42. The number of likely N-dealkylation sites (tertiary alicyclic amines) is 2. The minimum absolute atomic E-state index is 0.123. The molecule has 0 radical (unpaired) electrons. The highest BCUT2D eigenvalue weighted by molar-refractivity contribution is 7.16. The largest absolute Gasteiger partial charge is 0.342 e. The molecule has 1 amide bonds. The highest BCUT2D eigenvalue weighted by atomic mass is 32.1. The molecule has 0 aromatic carbocycles. The van der Waals surface area contributed by atoms with Crippen LogP contribution in [-0.4, -0.2) is 56.5 Å². The average molecular weight is 390 g/mol. The van der Waals surface area contributed by atoms with Gasteiger partial charge in [-0.3, -0.25) is 14.5 Å². The van der Waals surface area contributed by atoms with Crippen LogP contribution in [0.1, 0.15) is 49.2 Å². The lowest BCUT2D eigenvalue weighted by atomic mass is 9.95. The first-order chi connectivity index (χ1) is 13.1. The molecule has 27 heavy (non-hydrogen) atoms. The van der Waals surface area contributed by atoms with Crippen LogP contribution in [0.5, 0.6) is 0 Å². The number of hydrogen-bond acceptors (Lipinski definition) is 6. The van der Waals surface area contributed by atoms with Crippen molar-refractivity contribution in [3.8, 4) is 0 Å². The number of carbonyl (C=O) groups excluding carboxylic acids is 1. The molecule has 0 atom stereocenters. The summed E-state index contributed by atoms with van der Waals surface area (Å²) in [6.45, 7) is 6.23. The summed E-state index contributed by atoms with van der Waals surface area (Å²) >= 11 is 1.48. The Labute approximate surface area is 163 Å². The van der Waals surface area contributed by atoms with Crippen molar-refractivity contribution in [2.45, 2.75) is 52.0 Å². The second-order valence-corrected chi connectivity index (χ2v) is 8.76. The van der Waals surface area contributed by atoms with Crippen molar-refractivity contribution in [1.29, 1.82) is 0 Å². The summed E-state index contributed by atoms with van der Waals surface area (Å²) < 4.78 is 1.39. The SMILES string of the molecule is Cc1cc(=O)n2nc(CN3CCC(C(=O)N4CCCCCC4)CC3)sc2n1. The Hall–Kier alpha value is -1.80. The van der Waals surface area contributed by atoms with Gasteiger partial charge in [0, 0.05) is 30.8 Å². The molecule has 2 aromatic heterocycles. The van der Waals surface area contributed by atoms with Crippen molar-refractivity contribution in [3.63, 3.8) is 0 Å². The molecule has 8 heteroatoms. The number of piperidine rings is 1. The Bertz CT molecular complexity index is 861. The molecule has 2 aliphatic rings. The van der Waals surface area contributed by atoms with Crippen LogP contribution in [0.4, 0.5) is 0 Å². The van der Waals surface area contributed by atoms with Gasteiger partial charge < -0.3 is 4.90 Å². The highest BCUT2D eigenvalue weighted by Gasteiger charge is 2.29. The summed E-state index contributed by atoms with van der Waals surface area (Å²) in [6.07, 6.45) is 6.63. The zero-order chi connectivity index (χ0) is 18.8. The van der Waals surface area contributed by atoms with Gasteiger partial charge in [0.25, 0.3) is 5.56 Å². The van der Waals surface area contributed by atoms with Gasteiger partial charge in [-0.05, 0) is 45.7 Å². The molecule has 2 saturated heterocycles. The third kappa shape index (κ3) is 4.21. The van der Waals surface area contributed by atoms with E-state index in [0.717, 1.165) is 69.1 Å². The smallest absolute Gasteiger partial charge is 0.275 e. The minimum atomic E-state index is -0.123. The van der Waals surface area contributed by atoms with Gasteiger partial charge in [-0.1, -0.05) is 24.2 Å². The van der Waals surface area contributed by atoms with Crippen LogP contribution in [0.3, 0.4) is 0 Å². The number of carbonyl (C=O) groups is 1. The second-order valence-electron chi connectivity index (χ2n) is 7.72. The molecule has 0 saturated carbocycles. The topological polar surface area (TPSA) is 70.8 Å². The number of hydrogen-bond donors (Lipinski definition) is 0. The first-order valence-corrected chi connectivity index (χ1v) is 10.8. The van der Waals surface area contributed by atoms with Gasteiger partial charge >= 0.3 is 0 Å². The molecule has 0 aliphatic carbocycles. The third-order valence-electron chi connectivity index (χ3n) is 5.63. The molecule has 4 heterocycles. The van der Waals surface area contributed by atoms with Gasteiger partial charge in [-0.15, -0.1) is 0 Å². The Balaban J connectivity index is 1.35. The fourth-order valence-electron chi connectivity index (χ4n) is 4.10. The number of aromatic nitrogens is 3. The first kappa shape index (κ1) is 18.6. The van der Waals surface area contributed by atoms with E-state index in [1.54, 1.807) is 0 Å². The van der Waals surface area contributed by atoms with Crippen LogP contribution in [0.25, 0.3) is 4.96 Å². The van der Waals surface area contributed by atoms with Crippen molar-refractivity contribution < 1.29 is 4.79 Å². The fourth-order valence-corrected chi connectivity index (χ4v) is 5.09. The van der Waals surface area contributed by atoms with Gasteiger partial charge in [-0.25, -0.2) is 4.98 Å². The van der Waals surface area contributed by atoms with Gasteiger partial charge in [0.05, 0.1) is 6.54 Å². The number of nitrogens with zero attached hydrogens (tertiary/aromatic N) is 5. The summed E-state index contributed by atoms with van der Waals surface area (Å²) in [5, 5.41) is 5.33. The van der Waals surface area contributed by atoms with Gasteiger partial charge in [0.2, 0.25) is 10.9 Å². The van der Waals surface area contributed by atoms with Gasteiger partial charge in [0.15, 0.2) is 0 Å². The van der Waals surface area contributed by atoms with Crippen molar-refractivity contribution in [3.05, 3.63) is 27.1 Å². The molecule has 0 N–H and O–H groups in total. The molecule has 4 rings (SSSR count). The normalized spacial score (nSPS) is 20.1. The number of amides is 1. The van der Waals surface area contributed by atoms with E-state index in [1.807, 2.05) is 6.92 Å². The van der Waals surface area contributed by atoms with Crippen LogP contribution in [0.15, 0.2) is 10.9 Å². The number of aryl methyl sites for hydroxylation is 1. The minimum Gasteiger partial charge on any atom is -0.342 e. The van der Waals surface area contributed by atoms with E-state index < -0.39 is 0 Å². The van der Waals surface area contributed by atoms with Crippen LogP contribution < -0.4 is 5.56 Å². The maximum absolute atomic E-state index is 12.8. The zero-order valence-electron chi connectivity index (χ0n) is 15.9. The van der Waals surface area contributed by atoms with Crippen LogP contribution in [0.2, 0.25) is 0 Å². The maximum Gasteiger partial charge on any atom is 0.275 e. The lowest BCUT2D eigenvalue weighted by Gasteiger charge is -2.33. The van der Waals surface area contributed by atoms with E-state index in [4.69, 9.17) is 0 Å². The molecule has 0 unspecified atom stereocenters. The Morgan fingerprint density at radius 1 is 1.15 bits per heavy atom. The lowest BCUT2D eigenvalue weighted by molar-refractivity contribution is -0.137. The van der Waals surface area contributed by atoms with Crippen molar-refractivity contribution >= 4 is 22.2 Å². The standard InChI is InChI=1S/C19H27N5O2S/c1-14-12-17(25)24-19(20-14)27-16(21-24)13-22-10-6-15(7-11-22)18(26)23-8-4-2-3-5-9-23/h12,15H,2-11,13H2,1H3. The number of fused-ring (bicyclic) bond motifs is 1. The number of rotatable bonds is 3. The fraction of sp³-hybridized carbons (Fsp3) is 0.684. The predicted molar refractivity (Wildman–Crippen MR) is 105 cm³/mol. The van der Waals surface area contributed by atoms with E-state index in [0.29, 0.717) is 10.9 Å². The molecule has 2 fully saturated rings. The van der Waals surface area contributed by atoms with Crippen LogP contribution >= 0.6 is 11.3 Å². The quantitative estimate of drug-likeness (QED) is 0.804. The summed E-state index contributed by atoms with van der Waals surface area (Å²) in [5.74, 6) is 0.532. The van der Waals surface area contributed by atoms with E-state index >= 15 is 0 Å². The molecular weight excluding hydrogens is 362 g/mol. The summed E-state index contributed by atoms with van der Waals surface area (Å²) in [6, 6.07) is 1.51. The van der Waals surface area contributed by atoms with Crippen LogP contribution in [-0.2, 0) is 11.3 Å². The Morgan fingerprint density at radius 3 is 2.56 bits per heavy atom.